The Kier molecular flexibility index (Phi) is 7.52. The van der Waals surface area contributed by atoms with Gasteiger partial charge < -0.3 is 9.47 Å². The number of benzene rings is 9. The number of aromatic nitrogens is 1. The summed E-state index contributed by atoms with van der Waals surface area (Å²) >= 11 is 0. The molecule has 10 aromatic rings. The molecule has 2 nitrogen and oxygen atoms in total. The molecule has 4 heteroatoms. The summed E-state index contributed by atoms with van der Waals surface area (Å²) in [6.45, 7) is 2.19. The molecule has 12 rings (SSSR count). The highest BCUT2D eigenvalue weighted by Gasteiger charge is 2.56. The van der Waals surface area contributed by atoms with Gasteiger partial charge in [0.1, 0.15) is 0 Å². The van der Waals surface area contributed by atoms with Crippen molar-refractivity contribution in [2.45, 2.75) is 6.92 Å². The zero-order valence-electron chi connectivity index (χ0n) is 32.8. The molecule has 0 fully saturated rings. The van der Waals surface area contributed by atoms with E-state index in [1.54, 1.807) is 0 Å². The minimum Gasteiger partial charge on any atom is -0.311 e. The highest BCUT2D eigenvalue weighted by Crippen LogP contribution is 2.41. The molecule has 0 aliphatic carbocycles. The molecular weight excluding hydrogens is 745 g/mol. The summed E-state index contributed by atoms with van der Waals surface area (Å²) in [6, 6.07) is 85.6. The Labute approximate surface area is 346 Å². The van der Waals surface area contributed by atoms with Crippen LogP contribution in [0, 0.1) is 6.92 Å². The predicted octanol–water partition coefficient (Wildman–Crippen LogP) is 7.94. The molecule has 59 heavy (non-hydrogen) atoms. The molecule has 0 N–H and O–H groups in total. The van der Waals surface area contributed by atoms with E-state index in [0.717, 1.165) is 0 Å². The summed E-state index contributed by atoms with van der Waals surface area (Å²) in [5, 5.41) is 13.9. The third kappa shape index (κ3) is 4.61. The second kappa shape index (κ2) is 13.0. The second-order valence-electron chi connectivity index (χ2n) is 16.1. The fourth-order valence-corrected chi connectivity index (χ4v) is 21.3. The van der Waals surface area contributed by atoms with Gasteiger partial charge in [0.15, 0.2) is 16.1 Å². The van der Waals surface area contributed by atoms with E-state index in [0.29, 0.717) is 0 Å². The lowest BCUT2D eigenvalue weighted by Gasteiger charge is -2.52. The third-order valence-electron chi connectivity index (χ3n) is 13.2. The molecule has 0 saturated heterocycles. The van der Waals surface area contributed by atoms with E-state index in [-0.39, 0.29) is 0 Å². The van der Waals surface area contributed by atoms with Crippen molar-refractivity contribution in [1.82, 2.24) is 4.57 Å². The Morgan fingerprint density at radius 2 is 0.797 bits per heavy atom. The van der Waals surface area contributed by atoms with Gasteiger partial charge in [-0.15, -0.1) is 0 Å². The monoisotopic (exact) mass is 784 g/mol. The van der Waals surface area contributed by atoms with Gasteiger partial charge in [0.25, 0.3) is 0 Å². The molecule has 0 amide bonds. The minimum absolute atomic E-state index is 1.19. The van der Waals surface area contributed by atoms with Crippen molar-refractivity contribution in [2.75, 3.05) is 4.90 Å². The van der Waals surface area contributed by atoms with Gasteiger partial charge >= 0.3 is 0 Å². The largest absolute Gasteiger partial charge is 0.311 e. The van der Waals surface area contributed by atoms with Crippen LogP contribution in [-0.2, 0) is 0 Å². The quantitative estimate of drug-likeness (QED) is 0.161. The van der Waals surface area contributed by atoms with Gasteiger partial charge in [-0.2, -0.15) is 0 Å². The SMILES string of the molecule is Cc1ccc2c(c1)c1ccccc1n2-c1cccc([Si]2(c3ccccc3)c3ccccc3N3c4ccccc4[Si](c4ccccc4)(c4ccccc4)c4cccc2c43)c1. The number of fused-ring (bicyclic) bond motifs is 7. The highest BCUT2D eigenvalue weighted by molar-refractivity contribution is 7.24. The Balaban J connectivity index is 1.24. The first-order chi connectivity index (χ1) is 29.2. The number of nitrogens with zero attached hydrogens (tertiary/aromatic N) is 2. The number of aryl methyl sites for hydroxylation is 1. The summed E-state index contributed by atoms with van der Waals surface area (Å²) < 4.78 is 2.49. The third-order valence-corrected chi connectivity index (χ3v) is 22.8. The number of hydrogen-bond acceptors (Lipinski definition) is 1. The standard InChI is InChI=1S/C55H40N2Si2/c1-39-35-36-48-46(37-39)45-27-11-12-28-47(45)56(48)40-19-17-26-44(38-40)59(43-24-9-4-10-25-43)52-32-16-14-30-50(52)57-49-29-13-15-31-51(49)58(41-20-5-2-6-21-41,42-22-7-3-8-23-42)53-33-18-34-54(59)55(53)57/h2-38H,1H3. The molecule has 0 bridgehead atoms. The number of hydrogen-bond donors (Lipinski definition) is 0. The molecule has 1 aromatic heterocycles. The van der Waals surface area contributed by atoms with E-state index in [4.69, 9.17) is 0 Å². The summed E-state index contributed by atoms with van der Waals surface area (Å²) in [5.74, 6) is 0. The van der Waals surface area contributed by atoms with Gasteiger partial charge in [-0.3, -0.25) is 0 Å². The molecular formula is C55H40N2Si2. The Hall–Kier alpha value is -6.99. The Morgan fingerprint density at radius 1 is 0.339 bits per heavy atom. The first-order valence-electron chi connectivity index (χ1n) is 20.6. The van der Waals surface area contributed by atoms with E-state index in [1.807, 2.05) is 0 Å². The van der Waals surface area contributed by atoms with E-state index < -0.39 is 16.1 Å². The van der Waals surface area contributed by atoms with Crippen molar-refractivity contribution in [2.24, 2.45) is 0 Å². The molecule has 0 saturated carbocycles. The molecule has 3 heterocycles. The van der Waals surface area contributed by atoms with Crippen molar-refractivity contribution in [3.05, 3.63) is 230 Å². The molecule has 9 aromatic carbocycles. The fraction of sp³-hybridized carbons (Fsp3) is 0.0182. The van der Waals surface area contributed by atoms with Crippen molar-refractivity contribution >= 4 is 96.5 Å². The molecule has 0 radical (unpaired) electrons. The first kappa shape index (κ1) is 34.1. The number of anilines is 3. The van der Waals surface area contributed by atoms with Crippen LogP contribution >= 0.6 is 0 Å². The summed E-state index contributed by atoms with van der Waals surface area (Å²) in [5.41, 5.74) is 8.83. The van der Waals surface area contributed by atoms with Crippen molar-refractivity contribution in [3.8, 4) is 5.69 Å². The average molecular weight is 785 g/mol. The maximum absolute atomic E-state index is 3.04. The first-order valence-corrected chi connectivity index (χ1v) is 24.6. The molecule has 2 aliphatic heterocycles. The van der Waals surface area contributed by atoms with Gasteiger partial charge in [0, 0.05) is 33.5 Å². The Morgan fingerprint density at radius 3 is 1.41 bits per heavy atom. The van der Waals surface area contributed by atoms with Gasteiger partial charge in [-0.05, 0) is 90.9 Å². The zero-order chi connectivity index (χ0) is 39.1. The van der Waals surface area contributed by atoms with Crippen molar-refractivity contribution in [3.63, 3.8) is 0 Å². The van der Waals surface area contributed by atoms with Crippen LogP contribution in [0.3, 0.4) is 0 Å². The zero-order valence-corrected chi connectivity index (χ0v) is 34.8. The van der Waals surface area contributed by atoms with E-state index >= 15 is 0 Å². The summed E-state index contributed by atoms with van der Waals surface area (Å²) in [6.07, 6.45) is 0. The number of rotatable bonds is 5. The summed E-state index contributed by atoms with van der Waals surface area (Å²) in [7, 11) is -5.90. The lowest BCUT2D eigenvalue weighted by atomic mass is 10.1. The summed E-state index contributed by atoms with van der Waals surface area (Å²) in [4.78, 5) is 2.64. The van der Waals surface area contributed by atoms with Crippen LogP contribution in [-0.4, -0.2) is 20.7 Å². The molecule has 2 aliphatic rings. The number of para-hydroxylation sites is 4. The minimum atomic E-state index is -3.04. The van der Waals surface area contributed by atoms with Crippen LogP contribution in [0.15, 0.2) is 224 Å². The van der Waals surface area contributed by atoms with Crippen LogP contribution in [0.5, 0.6) is 0 Å². The van der Waals surface area contributed by atoms with Crippen molar-refractivity contribution < 1.29 is 0 Å². The van der Waals surface area contributed by atoms with Gasteiger partial charge in [0.2, 0.25) is 0 Å². The smallest absolute Gasteiger partial charge is 0.184 e. The normalized spacial score (nSPS) is 16.1. The molecule has 1 atom stereocenters. The second-order valence-corrected chi connectivity index (χ2v) is 23.6. The van der Waals surface area contributed by atoms with Crippen LogP contribution in [0.1, 0.15) is 5.56 Å². The van der Waals surface area contributed by atoms with Crippen molar-refractivity contribution in [1.29, 1.82) is 0 Å². The lowest BCUT2D eigenvalue weighted by Crippen LogP contribution is -2.82. The highest BCUT2D eigenvalue weighted by atomic mass is 28.3. The van der Waals surface area contributed by atoms with Gasteiger partial charge in [-0.25, -0.2) is 0 Å². The predicted molar refractivity (Wildman–Crippen MR) is 255 cm³/mol. The molecule has 0 spiro atoms. The van der Waals surface area contributed by atoms with Crippen LogP contribution in [0.4, 0.5) is 17.1 Å². The van der Waals surface area contributed by atoms with E-state index in [2.05, 4.69) is 241 Å². The fourth-order valence-electron chi connectivity index (χ4n) is 10.9. The average Bonchev–Trinajstić information content (AvgIpc) is 3.63. The van der Waals surface area contributed by atoms with Crippen LogP contribution in [0.2, 0.25) is 0 Å². The van der Waals surface area contributed by atoms with Crippen LogP contribution < -0.4 is 46.4 Å². The van der Waals surface area contributed by atoms with E-state index in [1.165, 1.54) is 91.6 Å². The maximum atomic E-state index is 2.64. The van der Waals surface area contributed by atoms with Gasteiger partial charge in [0.05, 0.1) is 11.0 Å². The topological polar surface area (TPSA) is 8.17 Å². The maximum Gasteiger partial charge on any atom is 0.184 e. The molecule has 278 valence electrons. The van der Waals surface area contributed by atoms with E-state index in [9.17, 15) is 0 Å². The lowest BCUT2D eigenvalue weighted by molar-refractivity contribution is 1.18. The molecule has 1 unspecified atom stereocenters. The van der Waals surface area contributed by atoms with Gasteiger partial charge in [-0.1, -0.05) is 188 Å². The Bertz CT molecular complexity index is 3210. The van der Waals surface area contributed by atoms with Crippen LogP contribution in [0.25, 0.3) is 27.5 Å².